The van der Waals surface area contributed by atoms with Crippen molar-refractivity contribution in [2.45, 2.75) is 47.5 Å². The number of imidazole rings is 1. The first-order valence-electron chi connectivity index (χ1n) is 12.5. The highest BCUT2D eigenvalue weighted by atomic mass is 16.5. The van der Waals surface area contributed by atoms with Crippen LogP contribution >= 0.6 is 0 Å². The average Bonchev–Trinajstić information content (AvgIpc) is 3.26. The Kier molecular flexibility index (Phi) is 8.91. The molecule has 3 rings (SSSR count). The quantitative estimate of drug-likeness (QED) is 0.393. The molecule has 0 bridgehead atoms. The maximum Gasteiger partial charge on any atom is 0.246 e. The van der Waals surface area contributed by atoms with Crippen LogP contribution in [0.15, 0.2) is 54.7 Å². The second-order valence-corrected chi connectivity index (χ2v) is 10.1. The van der Waals surface area contributed by atoms with Gasteiger partial charge in [0.2, 0.25) is 17.8 Å². The minimum atomic E-state index is -0.281. The first-order chi connectivity index (χ1) is 17.1. The monoisotopic (exact) mass is 490 g/mol. The third-order valence-electron chi connectivity index (χ3n) is 5.91. The van der Waals surface area contributed by atoms with Gasteiger partial charge in [-0.1, -0.05) is 53.7 Å². The van der Waals surface area contributed by atoms with Gasteiger partial charge in [-0.15, -0.1) is 0 Å². The van der Waals surface area contributed by atoms with E-state index >= 15 is 0 Å². The van der Waals surface area contributed by atoms with E-state index in [4.69, 9.17) is 9.72 Å². The van der Waals surface area contributed by atoms with Gasteiger partial charge in [0.25, 0.3) is 0 Å². The van der Waals surface area contributed by atoms with Gasteiger partial charge in [-0.05, 0) is 53.8 Å². The predicted octanol–water partition coefficient (Wildman–Crippen LogP) is 5.75. The van der Waals surface area contributed by atoms with Crippen LogP contribution in [-0.4, -0.2) is 46.5 Å². The van der Waals surface area contributed by atoms with Gasteiger partial charge in [0, 0.05) is 29.9 Å². The lowest BCUT2D eigenvalue weighted by Gasteiger charge is -2.25. The maximum atomic E-state index is 13.1. The summed E-state index contributed by atoms with van der Waals surface area (Å²) in [7, 11) is 1.63. The highest BCUT2D eigenvalue weighted by molar-refractivity contribution is 5.94. The van der Waals surface area contributed by atoms with Crippen molar-refractivity contribution in [3.05, 3.63) is 60.3 Å². The Morgan fingerprint density at radius 3 is 2.14 bits per heavy atom. The molecule has 2 amide bonds. The van der Waals surface area contributed by atoms with E-state index in [0.717, 1.165) is 22.7 Å². The third-order valence-corrected chi connectivity index (χ3v) is 5.91. The second-order valence-electron chi connectivity index (χ2n) is 10.1. The summed E-state index contributed by atoms with van der Waals surface area (Å²) in [5.74, 6) is 1.34. The molecule has 0 saturated heterocycles. The first-order valence-corrected chi connectivity index (χ1v) is 12.5. The van der Waals surface area contributed by atoms with E-state index in [-0.39, 0.29) is 30.2 Å². The van der Waals surface area contributed by atoms with Crippen molar-refractivity contribution in [1.82, 2.24) is 14.5 Å². The van der Waals surface area contributed by atoms with Gasteiger partial charge >= 0.3 is 0 Å². The van der Waals surface area contributed by atoms with E-state index in [1.165, 1.54) is 5.56 Å². The summed E-state index contributed by atoms with van der Waals surface area (Å²) in [6, 6.07) is 15.9. The van der Waals surface area contributed by atoms with E-state index in [1.54, 1.807) is 12.0 Å². The van der Waals surface area contributed by atoms with Gasteiger partial charge in [-0.25, -0.2) is 4.98 Å². The van der Waals surface area contributed by atoms with Gasteiger partial charge < -0.3 is 9.64 Å². The molecule has 0 spiro atoms. The van der Waals surface area contributed by atoms with Gasteiger partial charge in [-0.2, -0.15) is 0 Å². The lowest BCUT2D eigenvalue weighted by Crippen LogP contribution is -2.42. The number of methoxy groups -OCH3 is 1. The van der Waals surface area contributed by atoms with E-state index in [0.29, 0.717) is 18.4 Å². The smallest absolute Gasteiger partial charge is 0.246 e. The predicted molar refractivity (Wildman–Crippen MR) is 145 cm³/mol. The van der Waals surface area contributed by atoms with Crippen LogP contribution < -0.4 is 10.1 Å². The summed E-state index contributed by atoms with van der Waals surface area (Å²) in [5, 5.41) is 2.95. The minimum absolute atomic E-state index is 0.0216. The Balaban J connectivity index is 1.94. The first kappa shape index (κ1) is 27.0. The Morgan fingerprint density at radius 2 is 1.61 bits per heavy atom. The number of amides is 2. The number of carbonyl (C=O) groups excluding carboxylic acids is 2. The van der Waals surface area contributed by atoms with Crippen LogP contribution in [0.3, 0.4) is 0 Å². The zero-order valence-electron chi connectivity index (χ0n) is 22.4. The fourth-order valence-electron chi connectivity index (χ4n) is 3.96. The molecule has 0 saturated carbocycles. The molecule has 0 atom stereocenters. The topological polar surface area (TPSA) is 76.5 Å². The van der Waals surface area contributed by atoms with Crippen LogP contribution in [0.5, 0.6) is 5.75 Å². The Labute approximate surface area is 214 Å². The largest absolute Gasteiger partial charge is 0.497 e. The van der Waals surface area contributed by atoms with Crippen molar-refractivity contribution < 1.29 is 14.3 Å². The number of benzene rings is 2. The molecular formula is C29H38N4O3. The molecule has 1 aromatic heterocycles. The summed E-state index contributed by atoms with van der Waals surface area (Å²) in [6.07, 6.45) is 1.91. The Morgan fingerprint density at radius 1 is 0.972 bits per heavy atom. The van der Waals surface area contributed by atoms with Crippen LogP contribution in [0.25, 0.3) is 16.9 Å². The molecule has 2 aromatic carbocycles. The van der Waals surface area contributed by atoms with Crippen molar-refractivity contribution >= 4 is 17.8 Å². The highest BCUT2D eigenvalue weighted by Gasteiger charge is 2.22. The molecule has 192 valence electrons. The molecule has 3 aromatic rings. The summed E-state index contributed by atoms with van der Waals surface area (Å²) >= 11 is 0. The summed E-state index contributed by atoms with van der Waals surface area (Å²) in [4.78, 5) is 32.2. The summed E-state index contributed by atoms with van der Waals surface area (Å²) in [5.41, 5.74) is 3.74. The van der Waals surface area contributed by atoms with E-state index < -0.39 is 0 Å². The Hall–Kier alpha value is -3.61. The minimum Gasteiger partial charge on any atom is -0.497 e. The molecular weight excluding hydrogens is 452 g/mol. The van der Waals surface area contributed by atoms with Crippen LogP contribution in [0.2, 0.25) is 0 Å². The van der Waals surface area contributed by atoms with Crippen LogP contribution in [0.1, 0.15) is 53.0 Å². The number of aromatic nitrogens is 2. The molecule has 0 unspecified atom stereocenters. The van der Waals surface area contributed by atoms with Gasteiger partial charge in [0.05, 0.1) is 19.3 Å². The van der Waals surface area contributed by atoms with Crippen molar-refractivity contribution in [2.75, 3.05) is 25.5 Å². The fraction of sp³-hybridized carbons (Fsp3) is 0.414. The zero-order chi connectivity index (χ0) is 26.4. The highest BCUT2D eigenvalue weighted by Crippen LogP contribution is 2.27. The summed E-state index contributed by atoms with van der Waals surface area (Å²) < 4.78 is 7.15. The Bertz CT molecular complexity index is 1160. The maximum absolute atomic E-state index is 13.1. The number of hydrogen-bond acceptors (Lipinski definition) is 4. The lowest BCUT2D eigenvalue weighted by atomic mass is 10.0. The summed E-state index contributed by atoms with van der Waals surface area (Å²) in [6.45, 7) is 12.6. The van der Waals surface area contributed by atoms with Crippen LogP contribution in [-0.2, 0) is 9.59 Å². The number of nitrogens with one attached hydrogen (secondary N) is 1. The number of hydrogen-bond donors (Lipinski definition) is 1. The molecule has 0 radical (unpaired) electrons. The molecule has 7 nitrogen and oxygen atoms in total. The average molecular weight is 491 g/mol. The van der Waals surface area contributed by atoms with Crippen molar-refractivity contribution in [1.29, 1.82) is 0 Å². The molecule has 36 heavy (non-hydrogen) atoms. The number of nitrogens with zero attached hydrogens (tertiary/aromatic N) is 3. The zero-order valence-corrected chi connectivity index (χ0v) is 22.4. The molecule has 7 heteroatoms. The van der Waals surface area contributed by atoms with Gasteiger partial charge in [-0.3, -0.25) is 19.5 Å². The van der Waals surface area contributed by atoms with Crippen molar-refractivity contribution in [2.24, 2.45) is 11.8 Å². The molecule has 0 aliphatic rings. The number of ether oxygens (including phenoxy) is 1. The lowest BCUT2D eigenvalue weighted by molar-refractivity contribution is -0.138. The molecule has 0 aliphatic heterocycles. The third kappa shape index (κ3) is 6.74. The van der Waals surface area contributed by atoms with E-state index in [9.17, 15) is 9.59 Å². The standard InChI is InChI=1S/C29H38N4O3/c1-19(2)16-32(28(35)21(5)6)18-27(34)31-29-30-26(23-10-14-25(36-7)15-11-23)17-33(29)24-12-8-22(9-13-24)20(3)4/h8-15,17,19-21H,16,18H2,1-7H3,(H,30,31,34). The number of carbonyl (C=O) groups is 2. The van der Waals surface area contributed by atoms with Crippen LogP contribution in [0.4, 0.5) is 5.95 Å². The fourth-order valence-corrected chi connectivity index (χ4v) is 3.96. The van der Waals surface area contributed by atoms with Crippen molar-refractivity contribution in [3.63, 3.8) is 0 Å². The number of rotatable bonds is 10. The number of anilines is 1. The van der Waals surface area contributed by atoms with Gasteiger partial charge in [0.1, 0.15) is 5.75 Å². The normalized spacial score (nSPS) is 11.3. The van der Waals surface area contributed by atoms with E-state index in [1.807, 2.05) is 74.9 Å². The molecule has 1 heterocycles. The van der Waals surface area contributed by atoms with E-state index in [2.05, 4.69) is 31.3 Å². The molecule has 1 N–H and O–H groups in total. The van der Waals surface area contributed by atoms with Crippen molar-refractivity contribution in [3.8, 4) is 22.7 Å². The SMILES string of the molecule is COc1ccc(-c2cn(-c3ccc(C(C)C)cc3)c(NC(=O)CN(CC(C)C)C(=O)C(C)C)n2)cc1. The molecule has 0 fully saturated rings. The molecule has 0 aliphatic carbocycles. The van der Waals surface area contributed by atoms with Gasteiger partial charge in [0.15, 0.2) is 0 Å². The second kappa shape index (κ2) is 11.9. The van der Waals surface area contributed by atoms with Crippen LogP contribution in [0, 0.1) is 11.8 Å².